The molecule has 0 aliphatic carbocycles. The summed E-state index contributed by atoms with van der Waals surface area (Å²) in [5.74, 6) is -0.291. The first-order valence-corrected chi connectivity index (χ1v) is 6.83. The summed E-state index contributed by atoms with van der Waals surface area (Å²) in [6.45, 7) is 2.64. The van der Waals surface area contributed by atoms with Gasteiger partial charge in [-0.1, -0.05) is 18.6 Å². The summed E-state index contributed by atoms with van der Waals surface area (Å²) in [6, 6.07) is 5.14. The monoisotopic (exact) mass is 267 g/mol. The van der Waals surface area contributed by atoms with E-state index in [1.165, 1.54) is 13.5 Å². The van der Waals surface area contributed by atoms with Gasteiger partial charge in [-0.05, 0) is 38.8 Å². The Hall–Kier alpha value is -1.13. The van der Waals surface area contributed by atoms with E-state index < -0.39 is 11.4 Å². The van der Waals surface area contributed by atoms with E-state index >= 15 is 0 Å². The van der Waals surface area contributed by atoms with E-state index in [2.05, 4.69) is 5.32 Å². The summed E-state index contributed by atoms with van der Waals surface area (Å²) in [4.78, 5) is 0. The van der Waals surface area contributed by atoms with Gasteiger partial charge in [-0.15, -0.1) is 0 Å². The Morgan fingerprint density at radius 2 is 2.26 bits per heavy atom. The lowest BCUT2D eigenvalue weighted by Crippen LogP contribution is -2.40. The van der Waals surface area contributed by atoms with Crippen LogP contribution in [0.3, 0.4) is 0 Å². The van der Waals surface area contributed by atoms with Gasteiger partial charge in [-0.3, -0.25) is 0 Å². The lowest BCUT2D eigenvalue weighted by Gasteiger charge is -2.32. The molecule has 19 heavy (non-hydrogen) atoms. The number of aliphatic hydroxyl groups is 1. The van der Waals surface area contributed by atoms with Gasteiger partial charge >= 0.3 is 0 Å². The standard InChI is InChI=1S/C15H22FNO2/c1-15(18,10-11-6-3-4-9-17-11)12-7-5-8-13(19-2)14(12)16/h5,7-8,11,17-18H,3-4,6,9-10H2,1-2H3. The number of halogens is 1. The average Bonchev–Trinajstić information content (AvgIpc) is 2.39. The van der Waals surface area contributed by atoms with E-state index in [1.807, 2.05) is 0 Å². The summed E-state index contributed by atoms with van der Waals surface area (Å²) < 4.78 is 19.2. The first kappa shape index (κ1) is 14.3. The van der Waals surface area contributed by atoms with Gasteiger partial charge in [0.15, 0.2) is 11.6 Å². The van der Waals surface area contributed by atoms with Gasteiger partial charge in [-0.25, -0.2) is 4.39 Å². The molecule has 4 heteroatoms. The zero-order valence-corrected chi connectivity index (χ0v) is 11.6. The fraction of sp³-hybridized carbons (Fsp3) is 0.600. The molecule has 1 aromatic carbocycles. The van der Waals surface area contributed by atoms with Crippen LogP contribution in [0.1, 0.15) is 38.2 Å². The molecule has 0 spiro atoms. The van der Waals surface area contributed by atoms with Crippen molar-refractivity contribution < 1.29 is 14.2 Å². The number of rotatable bonds is 4. The highest BCUT2D eigenvalue weighted by molar-refractivity contribution is 5.34. The van der Waals surface area contributed by atoms with Crippen LogP contribution in [0.15, 0.2) is 18.2 Å². The van der Waals surface area contributed by atoms with Gasteiger partial charge < -0.3 is 15.2 Å². The van der Waals surface area contributed by atoms with Crippen LogP contribution in [0, 0.1) is 5.82 Å². The Morgan fingerprint density at radius 1 is 1.47 bits per heavy atom. The molecule has 0 radical (unpaired) electrons. The molecule has 0 saturated carbocycles. The Labute approximate surface area is 113 Å². The smallest absolute Gasteiger partial charge is 0.171 e. The van der Waals surface area contributed by atoms with Crippen LogP contribution in [0.2, 0.25) is 0 Å². The molecule has 2 unspecified atom stereocenters. The molecule has 2 atom stereocenters. The Balaban J connectivity index is 2.18. The summed E-state index contributed by atoms with van der Waals surface area (Å²) in [7, 11) is 1.43. The van der Waals surface area contributed by atoms with E-state index in [-0.39, 0.29) is 11.8 Å². The maximum absolute atomic E-state index is 14.2. The number of nitrogens with one attached hydrogen (secondary N) is 1. The highest BCUT2D eigenvalue weighted by Gasteiger charge is 2.31. The maximum Gasteiger partial charge on any atom is 0.171 e. The predicted molar refractivity (Wildman–Crippen MR) is 72.8 cm³/mol. The maximum atomic E-state index is 14.2. The lowest BCUT2D eigenvalue weighted by molar-refractivity contribution is 0.0294. The molecule has 1 fully saturated rings. The molecule has 1 aromatic rings. The Bertz CT molecular complexity index is 428. The van der Waals surface area contributed by atoms with E-state index in [1.54, 1.807) is 25.1 Å². The summed E-state index contributed by atoms with van der Waals surface area (Å²) in [5.41, 5.74) is -0.882. The average molecular weight is 267 g/mol. The van der Waals surface area contributed by atoms with E-state index in [0.717, 1.165) is 19.4 Å². The number of hydrogen-bond acceptors (Lipinski definition) is 3. The molecule has 1 saturated heterocycles. The summed E-state index contributed by atoms with van der Waals surface area (Å²) >= 11 is 0. The number of piperidine rings is 1. The normalized spacial score (nSPS) is 22.8. The molecule has 106 valence electrons. The number of benzene rings is 1. The molecule has 0 amide bonds. The minimum absolute atomic E-state index is 0.175. The van der Waals surface area contributed by atoms with Crippen LogP contribution in [0.25, 0.3) is 0 Å². The van der Waals surface area contributed by atoms with Gasteiger partial charge in [0.1, 0.15) is 0 Å². The number of hydrogen-bond donors (Lipinski definition) is 2. The van der Waals surface area contributed by atoms with Crippen molar-refractivity contribution >= 4 is 0 Å². The molecule has 1 aliphatic rings. The SMILES string of the molecule is COc1cccc(C(C)(O)CC2CCCCN2)c1F. The fourth-order valence-corrected chi connectivity index (χ4v) is 2.77. The third-order valence-corrected chi connectivity index (χ3v) is 3.82. The third-order valence-electron chi connectivity index (χ3n) is 3.82. The van der Waals surface area contributed by atoms with Gasteiger partial charge in [0.25, 0.3) is 0 Å². The number of ether oxygens (including phenoxy) is 1. The van der Waals surface area contributed by atoms with Gasteiger partial charge in [0, 0.05) is 11.6 Å². The van der Waals surface area contributed by atoms with Crippen molar-refractivity contribution in [1.29, 1.82) is 0 Å². The van der Waals surface area contributed by atoms with Gasteiger partial charge in [0.2, 0.25) is 0 Å². The second-order valence-corrected chi connectivity index (χ2v) is 5.45. The van der Waals surface area contributed by atoms with E-state index in [9.17, 15) is 9.50 Å². The van der Waals surface area contributed by atoms with Crippen molar-refractivity contribution in [2.75, 3.05) is 13.7 Å². The lowest BCUT2D eigenvalue weighted by atomic mass is 9.86. The minimum Gasteiger partial charge on any atom is -0.494 e. The van der Waals surface area contributed by atoms with Crippen LogP contribution < -0.4 is 10.1 Å². The first-order valence-electron chi connectivity index (χ1n) is 6.83. The van der Waals surface area contributed by atoms with Crippen molar-refractivity contribution in [1.82, 2.24) is 5.32 Å². The largest absolute Gasteiger partial charge is 0.494 e. The fourth-order valence-electron chi connectivity index (χ4n) is 2.77. The van der Waals surface area contributed by atoms with Gasteiger partial charge in [-0.2, -0.15) is 0 Å². The van der Waals surface area contributed by atoms with Crippen LogP contribution in [0.5, 0.6) is 5.75 Å². The molecule has 2 rings (SSSR count). The third kappa shape index (κ3) is 3.25. The molecule has 1 heterocycles. The molecule has 0 bridgehead atoms. The zero-order chi connectivity index (χ0) is 13.9. The molecule has 3 nitrogen and oxygen atoms in total. The second kappa shape index (κ2) is 5.88. The zero-order valence-electron chi connectivity index (χ0n) is 11.6. The second-order valence-electron chi connectivity index (χ2n) is 5.45. The minimum atomic E-state index is -1.19. The highest BCUT2D eigenvalue weighted by Crippen LogP contribution is 2.33. The molecule has 2 N–H and O–H groups in total. The first-order chi connectivity index (χ1) is 9.04. The molecular formula is C15H22FNO2. The Morgan fingerprint density at radius 3 is 2.89 bits per heavy atom. The highest BCUT2D eigenvalue weighted by atomic mass is 19.1. The van der Waals surface area contributed by atoms with Crippen LogP contribution >= 0.6 is 0 Å². The van der Waals surface area contributed by atoms with Crippen molar-refractivity contribution in [3.8, 4) is 5.75 Å². The van der Waals surface area contributed by atoms with Crippen LogP contribution in [0.4, 0.5) is 4.39 Å². The van der Waals surface area contributed by atoms with Crippen molar-refractivity contribution in [3.63, 3.8) is 0 Å². The predicted octanol–water partition coefficient (Wildman–Crippen LogP) is 2.57. The number of methoxy groups -OCH3 is 1. The molecule has 1 aliphatic heterocycles. The van der Waals surface area contributed by atoms with E-state index in [0.29, 0.717) is 12.0 Å². The topological polar surface area (TPSA) is 41.5 Å². The summed E-state index contributed by atoms with van der Waals surface area (Å²) in [6.07, 6.45) is 3.87. The van der Waals surface area contributed by atoms with E-state index in [4.69, 9.17) is 4.74 Å². The van der Waals surface area contributed by atoms with Gasteiger partial charge in [0.05, 0.1) is 12.7 Å². The van der Waals surface area contributed by atoms with Crippen LogP contribution in [-0.4, -0.2) is 24.8 Å². The Kier molecular flexibility index (Phi) is 4.42. The summed E-state index contributed by atoms with van der Waals surface area (Å²) in [5, 5.41) is 14.0. The quantitative estimate of drug-likeness (QED) is 0.881. The molecular weight excluding hydrogens is 245 g/mol. The van der Waals surface area contributed by atoms with Crippen molar-refractivity contribution in [2.45, 2.75) is 44.2 Å². The van der Waals surface area contributed by atoms with Crippen LogP contribution in [-0.2, 0) is 5.60 Å². The molecule has 0 aromatic heterocycles. The van der Waals surface area contributed by atoms with Crippen molar-refractivity contribution in [3.05, 3.63) is 29.6 Å². The van der Waals surface area contributed by atoms with Crippen molar-refractivity contribution in [2.24, 2.45) is 0 Å².